The highest BCUT2D eigenvalue weighted by Gasteiger charge is 1.99. The van der Waals surface area contributed by atoms with Crippen LogP contribution in [0.2, 0.25) is 0 Å². The van der Waals surface area contributed by atoms with Crippen LogP contribution in [0.4, 0.5) is 0 Å². The zero-order valence-electron chi connectivity index (χ0n) is 11.2. The fourth-order valence-electron chi connectivity index (χ4n) is 1.45. The standard InChI is InChI=1S/C15H20O4/c1-17-10-5-11-18-12-13-19-15-8-3-2-6-14(15)7-4-9-16/h2-3,6,8,16H,5,9-13H2,1H3. The van der Waals surface area contributed by atoms with Gasteiger partial charge in [0.25, 0.3) is 0 Å². The van der Waals surface area contributed by atoms with E-state index in [-0.39, 0.29) is 6.61 Å². The monoisotopic (exact) mass is 264 g/mol. The summed E-state index contributed by atoms with van der Waals surface area (Å²) in [5.74, 6) is 6.17. The van der Waals surface area contributed by atoms with E-state index in [9.17, 15) is 0 Å². The number of hydrogen-bond acceptors (Lipinski definition) is 4. The van der Waals surface area contributed by atoms with Crippen molar-refractivity contribution in [1.82, 2.24) is 0 Å². The molecule has 19 heavy (non-hydrogen) atoms. The summed E-state index contributed by atoms with van der Waals surface area (Å²) in [7, 11) is 1.67. The van der Waals surface area contributed by atoms with E-state index in [2.05, 4.69) is 11.8 Å². The summed E-state index contributed by atoms with van der Waals surface area (Å²) in [6.07, 6.45) is 0.884. The van der Waals surface area contributed by atoms with Gasteiger partial charge in [0.15, 0.2) is 0 Å². The van der Waals surface area contributed by atoms with Gasteiger partial charge in [0.1, 0.15) is 19.0 Å². The van der Waals surface area contributed by atoms with Crippen molar-refractivity contribution in [2.24, 2.45) is 0 Å². The van der Waals surface area contributed by atoms with E-state index in [0.29, 0.717) is 32.2 Å². The lowest BCUT2D eigenvalue weighted by atomic mass is 10.2. The third kappa shape index (κ3) is 6.82. The zero-order chi connectivity index (χ0) is 13.8. The van der Waals surface area contributed by atoms with E-state index < -0.39 is 0 Å². The van der Waals surface area contributed by atoms with Crippen LogP contribution in [-0.4, -0.2) is 45.3 Å². The highest BCUT2D eigenvalue weighted by Crippen LogP contribution is 2.16. The molecule has 0 atom stereocenters. The predicted molar refractivity (Wildman–Crippen MR) is 73.2 cm³/mol. The Morgan fingerprint density at radius 1 is 1.11 bits per heavy atom. The average molecular weight is 264 g/mol. The molecule has 104 valence electrons. The molecule has 4 heteroatoms. The van der Waals surface area contributed by atoms with Crippen LogP contribution < -0.4 is 4.74 Å². The first-order valence-corrected chi connectivity index (χ1v) is 6.26. The molecular formula is C15H20O4. The van der Waals surface area contributed by atoms with Crippen molar-refractivity contribution < 1.29 is 19.3 Å². The number of aliphatic hydroxyl groups is 1. The Bertz CT molecular complexity index is 406. The van der Waals surface area contributed by atoms with Gasteiger partial charge < -0.3 is 19.3 Å². The van der Waals surface area contributed by atoms with Crippen molar-refractivity contribution in [2.45, 2.75) is 6.42 Å². The number of hydrogen-bond donors (Lipinski definition) is 1. The second kappa shape index (κ2) is 10.4. The Kier molecular flexibility index (Phi) is 8.48. The highest BCUT2D eigenvalue weighted by molar-refractivity contribution is 5.45. The van der Waals surface area contributed by atoms with Gasteiger partial charge >= 0.3 is 0 Å². The van der Waals surface area contributed by atoms with E-state index in [1.165, 1.54) is 0 Å². The number of rotatable bonds is 8. The molecule has 0 spiro atoms. The molecule has 1 N–H and O–H groups in total. The van der Waals surface area contributed by atoms with Gasteiger partial charge in [-0.25, -0.2) is 0 Å². The predicted octanol–water partition coefficient (Wildman–Crippen LogP) is 1.46. The minimum Gasteiger partial charge on any atom is -0.490 e. The van der Waals surface area contributed by atoms with Crippen molar-refractivity contribution in [3.63, 3.8) is 0 Å². The van der Waals surface area contributed by atoms with Crippen LogP contribution in [0.1, 0.15) is 12.0 Å². The fourth-order valence-corrected chi connectivity index (χ4v) is 1.45. The Labute approximate surface area is 114 Å². The lowest BCUT2D eigenvalue weighted by molar-refractivity contribution is 0.0806. The van der Waals surface area contributed by atoms with Gasteiger partial charge in [0, 0.05) is 20.3 Å². The first-order chi connectivity index (χ1) is 9.38. The van der Waals surface area contributed by atoms with Crippen molar-refractivity contribution in [2.75, 3.05) is 40.1 Å². The maximum absolute atomic E-state index is 8.69. The first kappa shape index (κ1) is 15.5. The van der Waals surface area contributed by atoms with E-state index in [4.69, 9.17) is 19.3 Å². The maximum Gasteiger partial charge on any atom is 0.135 e. The molecule has 0 heterocycles. The van der Waals surface area contributed by atoms with E-state index >= 15 is 0 Å². The molecule has 0 aliphatic carbocycles. The molecule has 4 nitrogen and oxygen atoms in total. The Morgan fingerprint density at radius 2 is 1.95 bits per heavy atom. The summed E-state index contributed by atoms with van der Waals surface area (Å²) in [6, 6.07) is 7.48. The van der Waals surface area contributed by atoms with Crippen LogP contribution >= 0.6 is 0 Å². The van der Waals surface area contributed by atoms with Crippen molar-refractivity contribution in [1.29, 1.82) is 0 Å². The van der Waals surface area contributed by atoms with Crippen LogP contribution in [0.5, 0.6) is 5.75 Å². The molecule has 0 aliphatic heterocycles. The number of aliphatic hydroxyl groups excluding tert-OH is 1. The second-order valence-corrected chi connectivity index (χ2v) is 3.76. The van der Waals surface area contributed by atoms with Crippen LogP contribution in [0.15, 0.2) is 24.3 Å². The Balaban J connectivity index is 2.29. The van der Waals surface area contributed by atoms with E-state index in [1.807, 2.05) is 24.3 Å². The summed E-state index contributed by atoms with van der Waals surface area (Å²) in [6.45, 7) is 2.23. The van der Waals surface area contributed by atoms with Gasteiger partial charge in [-0.3, -0.25) is 0 Å². The molecule has 1 aromatic carbocycles. The molecule has 0 saturated carbocycles. The van der Waals surface area contributed by atoms with Gasteiger partial charge in [-0.15, -0.1) is 0 Å². The largest absolute Gasteiger partial charge is 0.490 e. The number of methoxy groups -OCH3 is 1. The zero-order valence-corrected chi connectivity index (χ0v) is 11.2. The van der Waals surface area contributed by atoms with Gasteiger partial charge in [-0.05, 0) is 18.6 Å². The molecule has 1 aromatic rings. The average Bonchev–Trinajstić information content (AvgIpc) is 2.45. The summed E-state index contributed by atoms with van der Waals surface area (Å²) in [5.41, 5.74) is 0.774. The van der Waals surface area contributed by atoms with Crippen molar-refractivity contribution in [3.8, 4) is 17.6 Å². The Hall–Kier alpha value is -1.54. The van der Waals surface area contributed by atoms with Gasteiger partial charge in [-0.1, -0.05) is 24.0 Å². The number of benzene rings is 1. The molecule has 0 aromatic heterocycles. The van der Waals surface area contributed by atoms with Crippen LogP contribution in [0.25, 0.3) is 0 Å². The van der Waals surface area contributed by atoms with Crippen LogP contribution in [0, 0.1) is 11.8 Å². The van der Waals surface area contributed by atoms with Crippen LogP contribution in [-0.2, 0) is 9.47 Å². The van der Waals surface area contributed by atoms with Crippen molar-refractivity contribution in [3.05, 3.63) is 29.8 Å². The molecule has 0 unspecified atom stereocenters. The minimum absolute atomic E-state index is 0.156. The lowest BCUT2D eigenvalue weighted by Crippen LogP contribution is -2.09. The summed E-state index contributed by atoms with van der Waals surface area (Å²) in [5, 5.41) is 8.69. The van der Waals surface area contributed by atoms with Crippen molar-refractivity contribution >= 4 is 0 Å². The Morgan fingerprint density at radius 3 is 2.74 bits per heavy atom. The van der Waals surface area contributed by atoms with Gasteiger partial charge in [-0.2, -0.15) is 0 Å². The van der Waals surface area contributed by atoms with Gasteiger partial charge in [0.2, 0.25) is 0 Å². The molecule has 0 saturated heterocycles. The molecule has 0 radical (unpaired) electrons. The third-order valence-corrected chi connectivity index (χ3v) is 2.31. The van der Waals surface area contributed by atoms with Gasteiger partial charge in [0.05, 0.1) is 12.2 Å². The molecular weight excluding hydrogens is 244 g/mol. The van der Waals surface area contributed by atoms with E-state index in [1.54, 1.807) is 7.11 Å². The molecule has 0 aliphatic rings. The molecule has 1 rings (SSSR count). The first-order valence-electron chi connectivity index (χ1n) is 6.26. The highest BCUT2D eigenvalue weighted by atomic mass is 16.5. The van der Waals surface area contributed by atoms with E-state index in [0.717, 1.165) is 12.0 Å². The maximum atomic E-state index is 8.69. The summed E-state index contributed by atoms with van der Waals surface area (Å²) in [4.78, 5) is 0. The number of para-hydroxylation sites is 1. The topological polar surface area (TPSA) is 47.9 Å². The molecule has 0 fully saturated rings. The quantitative estimate of drug-likeness (QED) is 0.570. The fraction of sp³-hybridized carbons (Fsp3) is 0.467. The summed E-state index contributed by atoms with van der Waals surface area (Å²) < 4.78 is 15.9. The molecule has 0 amide bonds. The lowest BCUT2D eigenvalue weighted by Gasteiger charge is -2.08. The second-order valence-electron chi connectivity index (χ2n) is 3.76. The number of ether oxygens (including phenoxy) is 3. The SMILES string of the molecule is COCCCOCCOc1ccccc1C#CCO. The molecule has 0 bridgehead atoms. The minimum atomic E-state index is -0.156. The smallest absolute Gasteiger partial charge is 0.135 e. The van der Waals surface area contributed by atoms with Crippen LogP contribution in [0.3, 0.4) is 0 Å². The normalized spacial score (nSPS) is 9.79. The summed E-state index contributed by atoms with van der Waals surface area (Å²) >= 11 is 0. The third-order valence-electron chi connectivity index (χ3n) is 2.31.